The van der Waals surface area contributed by atoms with Crippen LogP contribution in [0.2, 0.25) is 0 Å². The Morgan fingerprint density at radius 2 is 1.61 bits per heavy atom. The maximum Gasteiger partial charge on any atom is 0.573 e. The summed E-state index contributed by atoms with van der Waals surface area (Å²) in [6.45, 7) is 1.76. The van der Waals surface area contributed by atoms with Gasteiger partial charge in [-0.05, 0) is 55.7 Å². The Kier molecular flexibility index (Phi) is 10.9. The molecule has 15 heteroatoms. The number of benzene rings is 2. The quantitative estimate of drug-likeness (QED) is 0.371. The first-order chi connectivity index (χ1) is 21.7. The van der Waals surface area contributed by atoms with E-state index in [1.807, 2.05) is 0 Å². The molecule has 0 bridgehead atoms. The molecule has 2 aromatic carbocycles. The lowest BCUT2D eigenvalue weighted by Gasteiger charge is -2.26. The van der Waals surface area contributed by atoms with E-state index >= 15 is 0 Å². The van der Waals surface area contributed by atoms with Crippen LogP contribution in [-0.2, 0) is 15.6 Å². The van der Waals surface area contributed by atoms with E-state index < -0.39 is 34.7 Å². The fraction of sp³-hybridized carbons (Fsp3) is 0.387. The number of hydrogen-bond donors (Lipinski definition) is 1. The Morgan fingerprint density at radius 3 is 2.15 bits per heavy atom. The molecule has 1 N–H and O–H groups in total. The second kappa shape index (κ2) is 14.4. The van der Waals surface area contributed by atoms with E-state index in [0.717, 1.165) is 24.3 Å². The zero-order valence-corrected chi connectivity index (χ0v) is 26.0. The maximum atomic E-state index is 14.6. The number of hydrogen-bond acceptors (Lipinski definition) is 6. The van der Waals surface area contributed by atoms with Gasteiger partial charge in [0.05, 0.1) is 7.11 Å². The number of carbonyl (C=O) groups is 2. The van der Waals surface area contributed by atoms with Crippen molar-refractivity contribution in [3.05, 3.63) is 87.3 Å². The zero-order valence-electron chi connectivity index (χ0n) is 25.2. The number of nitrogens with zero attached hydrogens (tertiary/aromatic N) is 2. The summed E-state index contributed by atoms with van der Waals surface area (Å²) >= 11 is 0. The minimum absolute atomic E-state index is 0.0216. The van der Waals surface area contributed by atoms with Crippen molar-refractivity contribution in [1.82, 2.24) is 9.88 Å². The normalized spacial score (nSPS) is 19.7. The van der Waals surface area contributed by atoms with Gasteiger partial charge in [-0.3, -0.25) is 18.6 Å². The van der Waals surface area contributed by atoms with Gasteiger partial charge in [0.1, 0.15) is 28.8 Å². The van der Waals surface area contributed by atoms with E-state index in [0.29, 0.717) is 29.9 Å². The van der Waals surface area contributed by atoms with Gasteiger partial charge in [-0.15, -0.1) is 13.2 Å². The summed E-state index contributed by atoms with van der Waals surface area (Å²) < 4.78 is 86.2. The summed E-state index contributed by atoms with van der Waals surface area (Å²) in [5.74, 6) is -2.16. The van der Waals surface area contributed by atoms with Gasteiger partial charge in [0.2, 0.25) is 5.91 Å². The third-order valence-electron chi connectivity index (χ3n) is 7.72. The number of pyridine rings is 1. The highest BCUT2D eigenvalue weighted by Crippen LogP contribution is 2.36. The second-order valence-electron chi connectivity index (χ2n) is 10.7. The summed E-state index contributed by atoms with van der Waals surface area (Å²) in [6.07, 6.45) is -1.83. The van der Waals surface area contributed by atoms with Gasteiger partial charge in [-0.2, -0.15) is 0 Å². The van der Waals surface area contributed by atoms with Crippen LogP contribution in [0.3, 0.4) is 0 Å². The number of amides is 2. The van der Waals surface area contributed by atoms with Crippen molar-refractivity contribution >= 4 is 28.3 Å². The molecule has 2 amide bonds. The Hall–Kier alpha value is -4.27. The number of aryl methyl sites for hydroxylation is 1. The van der Waals surface area contributed by atoms with Crippen LogP contribution in [0.1, 0.15) is 52.7 Å². The van der Waals surface area contributed by atoms with E-state index in [2.05, 4.69) is 10.1 Å². The van der Waals surface area contributed by atoms with Crippen LogP contribution in [0.5, 0.6) is 11.5 Å². The molecule has 0 spiro atoms. The summed E-state index contributed by atoms with van der Waals surface area (Å²) in [7, 11) is 1.90. The summed E-state index contributed by atoms with van der Waals surface area (Å²) in [5.41, 5.74) is 0.677. The molecule has 1 atom stereocenters. The lowest BCUT2D eigenvalue weighted by Crippen LogP contribution is -2.36. The van der Waals surface area contributed by atoms with Crippen molar-refractivity contribution in [1.29, 1.82) is 0 Å². The lowest BCUT2D eigenvalue weighted by molar-refractivity contribution is -0.274. The van der Waals surface area contributed by atoms with Crippen LogP contribution in [0.25, 0.3) is 0 Å². The fourth-order valence-corrected chi connectivity index (χ4v) is 6.72. The first-order valence-corrected chi connectivity index (χ1v) is 15.7. The molecular weight excluding hydrogens is 637 g/mol. The molecular formula is C31H32F5N3O6S. The van der Waals surface area contributed by atoms with Crippen LogP contribution in [-0.4, -0.2) is 59.2 Å². The van der Waals surface area contributed by atoms with Crippen LogP contribution >= 0.6 is 0 Å². The maximum absolute atomic E-state index is 14.6. The van der Waals surface area contributed by atoms with Gasteiger partial charge < -0.3 is 24.3 Å². The SMILES string of the molecule is CNC(=O)c1ccc(OC(F)(F)F)cc1.COc1cc(F)c(C2CC(=O)N(c3c(C)ccn(C4CCS(=O)CC4)c3=O)C2)c(F)c1. The van der Waals surface area contributed by atoms with Gasteiger partial charge in [0.25, 0.3) is 11.5 Å². The number of anilines is 1. The number of alkyl halides is 3. The smallest absolute Gasteiger partial charge is 0.497 e. The lowest BCUT2D eigenvalue weighted by atomic mass is 9.97. The Labute approximate surface area is 263 Å². The average Bonchev–Trinajstić information content (AvgIpc) is 3.37. The monoisotopic (exact) mass is 669 g/mol. The molecule has 1 aromatic heterocycles. The molecule has 0 saturated carbocycles. The number of methoxy groups -OCH3 is 1. The molecule has 2 fully saturated rings. The molecule has 2 saturated heterocycles. The third kappa shape index (κ3) is 8.11. The van der Waals surface area contributed by atoms with Gasteiger partial charge in [-0.1, -0.05) is 0 Å². The zero-order chi connectivity index (χ0) is 33.8. The standard InChI is InChI=1S/C22H24F2N2O4S.C9H8F3NO2/c1-13-3-6-25(15-4-7-31(29)8-5-15)22(28)21(13)26-12-14(9-19(26)27)20-17(23)10-16(30-2)11-18(20)24;1-13-8(14)6-2-4-7(5-3-6)15-9(10,11)12/h3,6,10-11,14-15H,4-5,7-9,12H2,1-2H3;2-5H,1H3,(H,13,14). The summed E-state index contributed by atoms with van der Waals surface area (Å²) in [4.78, 5) is 38.5. The molecule has 0 radical (unpaired) electrons. The highest BCUT2D eigenvalue weighted by Gasteiger charge is 2.37. The van der Waals surface area contributed by atoms with Crippen molar-refractivity contribution in [2.75, 3.05) is 37.1 Å². The molecule has 46 heavy (non-hydrogen) atoms. The first kappa shape index (κ1) is 34.6. The average molecular weight is 670 g/mol. The van der Waals surface area contributed by atoms with Crippen LogP contribution < -0.4 is 25.2 Å². The van der Waals surface area contributed by atoms with Crippen molar-refractivity contribution < 1.29 is 45.2 Å². The molecule has 0 aliphatic carbocycles. The highest BCUT2D eigenvalue weighted by atomic mass is 32.2. The number of aromatic nitrogens is 1. The van der Waals surface area contributed by atoms with Gasteiger partial charge in [0, 0.05) is 83.7 Å². The molecule has 9 nitrogen and oxygen atoms in total. The fourth-order valence-electron chi connectivity index (χ4n) is 5.44. The van der Waals surface area contributed by atoms with Crippen molar-refractivity contribution in [3.8, 4) is 11.5 Å². The minimum Gasteiger partial charge on any atom is -0.497 e. The largest absolute Gasteiger partial charge is 0.573 e. The molecule has 5 rings (SSSR count). The van der Waals surface area contributed by atoms with Crippen molar-refractivity contribution in [2.45, 2.75) is 44.5 Å². The summed E-state index contributed by atoms with van der Waals surface area (Å²) in [6, 6.07) is 8.56. The second-order valence-corrected chi connectivity index (χ2v) is 12.4. The number of rotatable bonds is 6. The van der Waals surface area contributed by atoms with E-state index in [1.54, 1.807) is 23.8 Å². The van der Waals surface area contributed by atoms with E-state index in [9.17, 15) is 40.5 Å². The Morgan fingerprint density at radius 1 is 1.00 bits per heavy atom. The molecule has 1 unspecified atom stereocenters. The van der Waals surface area contributed by atoms with Gasteiger partial charge in [0.15, 0.2) is 0 Å². The first-order valence-electron chi connectivity index (χ1n) is 14.2. The molecule has 3 aromatic rings. The van der Waals surface area contributed by atoms with E-state index in [-0.39, 0.29) is 64.7 Å². The van der Waals surface area contributed by atoms with Gasteiger partial charge >= 0.3 is 6.36 Å². The topological polar surface area (TPSA) is 107 Å². The van der Waals surface area contributed by atoms with Gasteiger partial charge in [-0.25, -0.2) is 8.78 Å². The van der Waals surface area contributed by atoms with E-state index in [4.69, 9.17) is 4.74 Å². The predicted octanol–water partition coefficient (Wildman–Crippen LogP) is 4.99. The third-order valence-corrected chi connectivity index (χ3v) is 9.10. The van der Waals surface area contributed by atoms with Crippen LogP contribution in [0.15, 0.2) is 53.5 Å². The number of carbonyl (C=O) groups excluding carboxylic acids is 2. The molecule has 248 valence electrons. The Bertz CT molecular complexity index is 1650. The molecule has 3 heterocycles. The minimum atomic E-state index is -4.71. The highest BCUT2D eigenvalue weighted by molar-refractivity contribution is 7.85. The van der Waals surface area contributed by atoms with Crippen molar-refractivity contribution in [3.63, 3.8) is 0 Å². The number of ether oxygens (including phenoxy) is 2. The van der Waals surface area contributed by atoms with Crippen molar-refractivity contribution in [2.24, 2.45) is 0 Å². The summed E-state index contributed by atoms with van der Waals surface area (Å²) in [5, 5.41) is 2.35. The van der Waals surface area contributed by atoms with Crippen LogP contribution in [0.4, 0.5) is 27.6 Å². The number of nitrogens with one attached hydrogen (secondary N) is 1. The Balaban J connectivity index is 0.000000270. The predicted molar refractivity (Wildman–Crippen MR) is 161 cm³/mol. The van der Waals surface area contributed by atoms with E-state index in [1.165, 1.54) is 31.2 Å². The molecule has 2 aliphatic rings. The van der Waals surface area contributed by atoms with Crippen LogP contribution in [0, 0.1) is 18.6 Å². The molecule has 2 aliphatic heterocycles. The number of halogens is 5.